The molecule has 0 atom stereocenters. The molecule has 1 aromatic carbocycles. The third-order valence-electron chi connectivity index (χ3n) is 2.72. The van der Waals surface area contributed by atoms with Crippen molar-refractivity contribution in [3.8, 4) is 0 Å². The van der Waals surface area contributed by atoms with E-state index in [1.165, 1.54) is 5.56 Å². The molecule has 1 aliphatic rings. The number of amides is 1. The molecule has 1 aliphatic heterocycles. The Labute approximate surface area is 89.0 Å². The third-order valence-corrected chi connectivity index (χ3v) is 2.72. The molecule has 3 N–H and O–H groups in total. The molecule has 1 aromatic rings. The first kappa shape index (κ1) is 10.1. The quantitative estimate of drug-likeness (QED) is 0.418. The second kappa shape index (κ2) is 4.42. The molecule has 1 heterocycles. The summed E-state index contributed by atoms with van der Waals surface area (Å²) in [5, 5.41) is 0. The molecule has 0 aromatic heterocycles. The number of hydrogen-bond donors (Lipinski definition) is 2. The van der Waals surface area contributed by atoms with E-state index in [1.54, 1.807) is 0 Å². The fraction of sp³-hybridized carbons (Fsp3) is 0.364. The van der Waals surface area contributed by atoms with Crippen molar-refractivity contribution in [2.75, 3.05) is 13.1 Å². The van der Waals surface area contributed by atoms with Crippen LogP contribution in [-0.4, -0.2) is 23.9 Å². The minimum Gasteiger partial charge on any atom is -0.297 e. The first-order valence-corrected chi connectivity index (χ1v) is 5.06. The summed E-state index contributed by atoms with van der Waals surface area (Å²) < 4.78 is 0. The van der Waals surface area contributed by atoms with Gasteiger partial charge in [0.15, 0.2) is 0 Å². The maximum Gasteiger partial charge on any atom is 0.239 e. The van der Waals surface area contributed by atoms with Crippen molar-refractivity contribution < 1.29 is 4.79 Å². The van der Waals surface area contributed by atoms with Gasteiger partial charge in [0.25, 0.3) is 0 Å². The van der Waals surface area contributed by atoms with Crippen LogP contribution in [0.1, 0.15) is 5.56 Å². The van der Waals surface area contributed by atoms with E-state index < -0.39 is 0 Å². The van der Waals surface area contributed by atoms with Crippen molar-refractivity contribution in [1.29, 1.82) is 0 Å². The predicted octanol–water partition coefficient (Wildman–Crippen LogP) is 0.108. The van der Waals surface area contributed by atoms with Gasteiger partial charge in [-0.3, -0.25) is 15.1 Å². The molecule has 1 fully saturated rings. The highest BCUT2D eigenvalue weighted by molar-refractivity contribution is 5.79. The molecular formula is C11H15N3O. The average Bonchev–Trinajstić information content (AvgIpc) is 2.23. The van der Waals surface area contributed by atoms with Gasteiger partial charge in [0.1, 0.15) is 0 Å². The minimum atomic E-state index is -0.0562. The van der Waals surface area contributed by atoms with Crippen LogP contribution < -0.4 is 11.3 Å². The van der Waals surface area contributed by atoms with Gasteiger partial charge < -0.3 is 0 Å². The van der Waals surface area contributed by atoms with E-state index in [2.05, 4.69) is 22.5 Å². The van der Waals surface area contributed by atoms with Crippen LogP contribution in [0.25, 0.3) is 0 Å². The first-order chi connectivity index (χ1) is 7.29. The van der Waals surface area contributed by atoms with Crippen molar-refractivity contribution in [3.05, 3.63) is 35.9 Å². The van der Waals surface area contributed by atoms with Crippen molar-refractivity contribution in [2.45, 2.75) is 6.54 Å². The summed E-state index contributed by atoms with van der Waals surface area (Å²) in [6.07, 6.45) is 0. The van der Waals surface area contributed by atoms with Crippen LogP contribution in [0.15, 0.2) is 30.3 Å². The number of nitrogens with one attached hydrogen (secondary N) is 1. The van der Waals surface area contributed by atoms with Gasteiger partial charge in [0.05, 0.1) is 5.92 Å². The molecule has 4 nitrogen and oxygen atoms in total. The molecule has 0 spiro atoms. The monoisotopic (exact) mass is 205 g/mol. The standard InChI is InChI=1S/C11H15N3O/c12-13-11(15)10-7-14(8-10)6-9-4-2-1-3-5-9/h1-5,10H,6-8,12H2,(H,13,15). The third kappa shape index (κ3) is 2.34. The summed E-state index contributed by atoms with van der Waals surface area (Å²) in [4.78, 5) is 13.4. The molecule has 4 heteroatoms. The lowest BCUT2D eigenvalue weighted by Crippen LogP contribution is -2.54. The maximum atomic E-state index is 11.1. The van der Waals surface area contributed by atoms with E-state index in [-0.39, 0.29) is 11.8 Å². The Hall–Kier alpha value is -1.39. The van der Waals surface area contributed by atoms with Crippen molar-refractivity contribution in [3.63, 3.8) is 0 Å². The predicted molar refractivity (Wildman–Crippen MR) is 57.5 cm³/mol. The second-order valence-corrected chi connectivity index (χ2v) is 3.89. The van der Waals surface area contributed by atoms with Gasteiger partial charge in [-0.05, 0) is 5.56 Å². The number of hydrazine groups is 1. The van der Waals surface area contributed by atoms with Crippen LogP contribution in [0.5, 0.6) is 0 Å². The maximum absolute atomic E-state index is 11.1. The Morgan fingerprint density at radius 3 is 2.67 bits per heavy atom. The van der Waals surface area contributed by atoms with Crippen LogP contribution in [0, 0.1) is 5.92 Å². The van der Waals surface area contributed by atoms with Crippen LogP contribution in [0.4, 0.5) is 0 Å². The molecule has 2 rings (SSSR count). The highest BCUT2D eigenvalue weighted by Gasteiger charge is 2.31. The number of likely N-dealkylation sites (tertiary alicyclic amines) is 1. The number of carbonyl (C=O) groups excluding carboxylic acids is 1. The summed E-state index contributed by atoms with van der Waals surface area (Å²) in [6, 6.07) is 10.2. The van der Waals surface area contributed by atoms with Crippen LogP contribution >= 0.6 is 0 Å². The zero-order chi connectivity index (χ0) is 10.7. The van der Waals surface area contributed by atoms with Gasteiger partial charge in [-0.2, -0.15) is 0 Å². The summed E-state index contributed by atoms with van der Waals surface area (Å²) in [6.45, 7) is 2.52. The summed E-state index contributed by atoms with van der Waals surface area (Å²) in [5.74, 6) is 5.07. The Morgan fingerprint density at radius 1 is 1.40 bits per heavy atom. The average molecular weight is 205 g/mol. The summed E-state index contributed by atoms with van der Waals surface area (Å²) in [5.41, 5.74) is 3.47. The second-order valence-electron chi connectivity index (χ2n) is 3.89. The molecule has 1 amide bonds. The smallest absolute Gasteiger partial charge is 0.239 e. The largest absolute Gasteiger partial charge is 0.297 e. The van der Waals surface area contributed by atoms with Crippen LogP contribution in [0.3, 0.4) is 0 Å². The normalized spacial score (nSPS) is 17.1. The zero-order valence-electron chi connectivity index (χ0n) is 8.52. The van der Waals surface area contributed by atoms with Gasteiger partial charge in [0, 0.05) is 19.6 Å². The highest BCUT2D eigenvalue weighted by atomic mass is 16.2. The molecule has 0 aliphatic carbocycles. The molecule has 0 saturated carbocycles. The molecule has 15 heavy (non-hydrogen) atoms. The van der Waals surface area contributed by atoms with Gasteiger partial charge in [0.2, 0.25) is 5.91 Å². The van der Waals surface area contributed by atoms with E-state index in [0.717, 1.165) is 19.6 Å². The van der Waals surface area contributed by atoms with E-state index in [1.807, 2.05) is 18.2 Å². The minimum absolute atomic E-state index is 0.0562. The fourth-order valence-corrected chi connectivity index (χ4v) is 1.82. The van der Waals surface area contributed by atoms with Crippen molar-refractivity contribution >= 4 is 5.91 Å². The van der Waals surface area contributed by atoms with E-state index in [9.17, 15) is 4.79 Å². The number of rotatable bonds is 3. The number of hydrogen-bond acceptors (Lipinski definition) is 3. The lowest BCUT2D eigenvalue weighted by Gasteiger charge is -2.37. The molecule has 1 saturated heterocycles. The molecule has 0 radical (unpaired) electrons. The number of nitrogens with two attached hydrogens (primary N) is 1. The van der Waals surface area contributed by atoms with Crippen molar-refractivity contribution in [1.82, 2.24) is 10.3 Å². The highest BCUT2D eigenvalue weighted by Crippen LogP contribution is 2.18. The Bertz CT molecular complexity index is 333. The van der Waals surface area contributed by atoms with E-state index in [0.29, 0.717) is 0 Å². The number of benzene rings is 1. The van der Waals surface area contributed by atoms with E-state index >= 15 is 0 Å². The molecule has 0 unspecified atom stereocenters. The van der Waals surface area contributed by atoms with Crippen molar-refractivity contribution in [2.24, 2.45) is 11.8 Å². The van der Waals surface area contributed by atoms with Crippen LogP contribution in [0.2, 0.25) is 0 Å². The van der Waals surface area contributed by atoms with Gasteiger partial charge in [-0.15, -0.1) is 0 Å². The van der Waals surface area contributed by atoms with Gasteiger partial charge >= 0.3 is 0 Å². The Kier molecular flexibility index (Phi) is 2.99. The SMILES string of the molecule is NNC(=O)C1CN(Cc2ccccc2)C1. The lowest BCUT2D eigenvalue weighted by atomic mass is 9.98. The van der Waals surface area contributed by atoms with Crippen LogP contribution in [-0.2, 0) is 11.3 Å². The number of nitrogens with zero attached hydrogens (tertiary/aromatic N) is 1. The number of carbonyl (C=O) groups is 1. The summed E-state index contributed by atoms with van der Waals surface area (Å²) >= 11 is 0. The topological polar surface area (TPSA) is 58.4 Å². The zero-order valence-corrected chi connectivity index (χ0v) is 8.52. The molecule has 80 valence electrons. The molecule has 0 bridgehead atoms. The van der Waals surface area contributed by atoms with Gasteiger partial charge in [-0.1, -0.05) is 30.3 Å². The van der Waals surface area contributed by atoms with E-state index in [4.69, 9.17) is 5.84 Å². The first-order valence-electron chi connectivity index (χ1n) is 5.06. The summed E-state index contributed by atoms with van der Waals surface area (Å²) in [7, 11) is 0. The lowest BCUT2D eigenvalue weighted by molar-refractivity contribution is -0.130. The Morgan fingerprint density at radius 2 is 2.07 bits per heavy atom. The fourth-order valence-electron chi connectivity index (χ4n) is 1.82. The molecular weight excluding hydrogens is 190 g/mol. The van der Waals surface area contributed by atoms with Gasteiger partial charge in [-0.25, -0.2) is 5.84 Å². The Balaban J connectivity index is 1.79.